The lowest BCUT2D eigenvalue weighted by atomic mass is 10.2. The molecule has 0 heterocycles. The van der Waals surface area contributed by atoms with E-state index in [1.165, 1.54) is 18.7 Å². The summed E-state index contributed by atoms with van der Waals surface area (Å²) in [6.45, 7) is 3.04. The van der Waals surface area contributed by atoms with E-state index in [9.17, 15) is 14.4 Å². The smallest absolute Gasteiger partial charge is 0.345 e. The van der Waals surface area contributed by atoms with Gasteiger partial charge in [0.1, 0.15) is 0 Å². The number of hydrogen-bond donors (Lipinski definition) is 1. The average Bonchev–Trinajstić information content (AvgIpc) is 2.52. The van der Waals surface area contributed by atoms with Crippen molar-refractivity contribution in [3.63, 3.8) is 0 Å². The van der Waals surface area contributed by atoms with Gasteiger partial charge in [-0.25, -0.2) is 4.79 Å². The van der Waals surface area contributed by atoms with Gasteiger partial charge >= 0.3 is 11.9 Å². The highest BCUT2D eigenvalue weighted by atomic mass is 32.2. The zero-order valence-electron chi connectivity index (χ0n) is 13.1. The van der Waals surface area contributed by atoms with Crippen LogP contribution >= 0.6 is 23.5 Å². The molecule has 1 aromatic rings. The van der Waals surface area contributed by atoms with Gasteiger partial charge in [-0.05, 0) is 5.56 Å². The number of rotatable bonds is 9. The number of aliphatic carboxylic acids is 1. The standard InChI is InChI=1S/C16H20O5S2/c1-11(8-23-12(2)17)16(20)21-14(15(18)19)10-22-9-13-6-4-3-5-7-13/h3-7,11,14H,8-10H2,1-2H3,(H,18,19)/t11-,14?/m0/s1. The molecule has 0 spiro atoms. The lowest BCUT2D eigenvalue weighted by Gasteiger charge is -2.16. The van der Waals surface area contributed by atoms with Gasteiger partial charge in [0.05, 0.1) is 5.92 Å². The van der Waals surface area contributed by atoms with Crippen LogP contribution in [0.3, 0.4) is 0 Å². The summed E-state index contributed by atoms with van der Waals surface area (Å²) in [6, 6.07) is 9.65. The van der Waals surface area contributed by atoms with E-state index >= 15 is 0 Å². The molecule has 0 radical (unpaired) electrons. The van der Waals surface area contributed by atoms with Crippen LogP contribution in [-0.2, 0) is 24.9 Å². The quantitative estimate of drug-likeness (QED) is 0.681. The van der Waals surface area contributed by atoms with Crippen molar-refractivity contribution in [1.82, 2.24) is 0 Å². The Balaban J connectivity index is 2.43. The number of benzene rings is 1. The molecule has 1 unspecified atom stereocenters. The van der Waals surface area contributed by atoms with Crippen molar-refractivity contribution < 1.29 is 24.2 Å². The molecule has 0 aliphatic heterocycles. The third-order valence-corrected chi connectivity index (χ3v) is 5.00. The number of carboxylic acids is 1. The molecule has 0 aromatic heterocycles. The second-order valence-corrected chi connectivity index (χ2v) is 7.20. The number of carbonyl (C=O) groups is 3. The number of hydrogen-bond acceptors (Lipinski definition) is 6. The Morgan fingerprint density at radius 1 is 1.17 bits per heavy atom. The van der Waals surface area contributed by atoms with Crippen molar-refractivity contribution in [2.75, 3.05) is 11.5 Å². The number of carbonyl (C=O) groups excluding carboxylic acids is 2. The summed E-state index contributed by atoms with van der Waals surface area (Å²) in [5.74, 6) is -1.15. The van der Waals surface area contributed by atoms with Gasteiger partial charge in [0, 0.05) is 24.2 Å². The normalized spacial score (nSPS) is 13.1. The Morgan fingerprint density at radius 3 is 2.39 bits per heavy atom. The Kier molecular flexibility index (Phi) is 8.79. The van der Waals surface area contributed by atoms with Gasteiger partial charge in [-0.2, -0.15) is 11.8 Å². The topological polar surface area (TPSA) is 80.7 Å². The van der Waals surface area contributed by atoms with Crippen molar-refractivity contribution in [2.45, 2.75) is 25.7 Å². The Hall–Kier alpha value is -1.47. The molecule has 1 N–H and O–H groups in total. The largest absolute Gasteiger partial charge is 0.478 e. The minimum Gasteiger partial charge on any atom is -0.478 e. The van der Waals surface area contributed by atoms with Crippen molar-refractivity contribution >= 4 is 40.6 Å². The summed E-state index contributed by atoms with van der Waals surface area (Å²) in [7, 11) is 0. The first-order chi connectivity index (χ1) is 10.9. The second kappa shape index (κ2) is 10.3. The fourth-order valence-corrected chi connectivity index (χ4v) is 3.17. The van der Waals surface area contributed by atoms with Crippen molar-refractivity contribution in [3.05, 3.63) is 35.9 Å². The summed E-state index contributed by atoms with van der Waals surface area (Å²) in [6.07, 6.45) is -1.18. The molecule has 5 nitrogen and oxygen atoms in total. The van der Waals surface area contributed by atoms with Gasteiger partial charge in [-0.1, -0.05) is 49.0 Å². The molecular formula is C16H20O5S2. The van der Waals surface area contributed by atoms with E-state index in [1.807, 2.05) is 30.3 Å². The molecule has 0 aliphatic rings. The van der Waals surface area contributed by atoms with E-state index in [0.717, 1.165) is 17.3 Å². The zero-order valence-corrected chi connectivity index (χ0v) is 14.7. The Morgan fingerprint density at radius 2 is 1.83 bits per heavy atom. The molecule has 7 heteroatoms. The van der Waals surface area contributed by atoms with E-state index in [1.54, 1.807) is 6.92 Å². The minimum atomic E-state index is -1.18. The van der Waals surface area contributed by atoms with Crippen LogP contribution in [0.4, 0.5) is 0 Å². The van der Waals surface area contributed by atoms with Crippen molar-refractivity contribution in [2.24, 2.45) is 5.92 Å². The fourth-order valence-electron chi connectivity index (χ4n) is 1.58. The van der Waals surface area contributed by atoms with Crippen LogP contribution in [0.5, 0.6) is 0 Å². The Labute approximate surface area is 144 Å². The van der Waals surface area contributed by atoms with E-state index in [2.05, 4.69) is 0 Å². The molecule has 0 saturated carbocycles. The van der Waals surface area contributed by atoms with Gasteiger partial charge in [-0.15, -0.1) is 0 Å². The number of ether oxygens (including phenoxy) is 1. The van der Waals surface area contributed by atoms with Gasteiger partial charge in [0.15, 0.2) is 5.12 Å². The molecule has 0 aliphatic carbocycles. The second-order valence-electron chi connectivity index (χ2n) is 4.97. The van der Waals surface area contributed by atoms with Crippen LogP contribution in [0, 0.1) is 5.92 Å². The first-order valence-electron chi connectivity index (χ1n) is 7.08. The molecule has 1 rings (SSSR count). The molecule has 2 atom stereocenters. The molecule has 0 amide bonds. The van der Waals surface area contributed by atoms with Crippen LogP contribution in [0.1, 0.15) is 19.4 Å². The lowest BCUT2D eigenvalue weighted by Crippen LogP contribution is -2.32. The SMILES string of the molecule is CC(=O)SC[C@H](C)C(=O)OC(CSCc1ccccc1)C(=O)O. The summed E-state index contributed by atoms with van der Waals surface area (Å²) in [5.41, 5.74) is 1.08. The number of esters is 1. The highest BCUT2D eigenvalue weighted by Crippen LogP contribution is 2.16. The fraction of sp³-hybridized carbons (Fsp3) is 0.438. The predicted molar refractivity (Wildman–Crippen MR) is 92.4 cm³/mol. The monoisotopic (exact) mass is 356 g/mol. The molecule has 1 aromatic carbocycles. The third-order valence-electron chi connectivity index (χ3n) is 2.85. The van der Waals surface area contributed by atoms with E-state index < -0.39 is 24.0 Å². The van der Waals surface area contributed by atoms with Gasteiger partial charge < -0.3 is 9.84 Å². The Bertz CT molecular complexity index is 533. The lowest BCUT2D eigenvalue weighted by molar-refractivity contribution is -0.164. The molecule has 0 saturated heterocycles. The maximum absolute atomic E-state index is 11.9. The molecule has 23 heavy (non-hydrogen) atoms. The van der Waals surface area contributed by atoms with Crippen LogP contribution in [0.25, 0.3) is 0 Å². The molecular weight excluding hydrogens is 336 g/mol. The van der Waals surface area contributed by atoms with Crippen molar-refractivity contribution in [3.8, 4) is 0 Å². The van der Waals surface area contributed by atoms with E-state index in [-0.39, 0.29) is 16.6 Å². The van der Waals surface area contributed by atoms with Crippen LogP contribution in [0.15, 0.2) is 30.3 Å². The van der Waals surface area contributed by atoms with Gasteiger partial charge in [0.2, 0.25) is 6.10 Å². The first kappa shape index (κ1) is 19.6. The maximum Gasteiger partial charge on any atom is 0.345 e. The summed E-state index contributed by atoms with van der Waals surface area (Å²) < 4.78 is 5.06. The molecule has 0 bridgehead atoms. The average molecular weight is 356 g/mol. The maximum atomic E-state index is 11.9. The number of carboxylic acid groups (broad SMARTS) is 1. The zero-order chi connectivity index (χ0) is 17.2. The predicted octanol–water partition coefficient (Wildman–Crippen LogP) is 2.83. The van der Waals surface area contributed by atoms with Crippen molar-refractivity contribution in [1.29, 1.82) is 0 Å². The summed E-state index contributed by atoms with van der Waals surface area (Å²) >= 11 is 2.42. The third kappa shape index (κ3) is 8.08. The van der Waals surface area contributed by atoms with Crippen LogP contribution in [-0.4, -0.2) is 39.8 Å². The minimum absolute atomic E-state index is 0.0853. The number of thioether (sulfide) groups is 2. The first-order valence-corrected chi connectivity index (χ1v) is 9.22. The summed E-state index contributed by atoms with van der Waals surface area (Å²) in [5, 5.41) is 9.08. The van der Waals surface area contributed by atoms with Crippen LogP contribution < -0.4 is 0 Å². The van der Waals surface area contributed by atoms with Gasteiger partial charge in [0.25, 0.3) is 0 Å². The summed E-state index contributed by atoms with van der Waals surface area (Å²) in [4.78, 5) is 34.0. The van der Waals surface area contributed by atoms with E-state index in [0.29, 0.717) is 5.75 Å². The highest BCUT2D eigenvalue weighted by molar-refractivity contribution is 8.13. The van der Waals surface area contributed by atoms with Gasteiger partial charge in [-0.3, -0.25) is 9.59 Å². The molecule has 126 valence electrons. The van der Waals surface area contributed by atoms with E-state index in [4.69, 9.17) is 9.84 Å². The molecule has 0 fully saturated rings. The van der Waals surface area contributed by atoms with Crippen LogP contribution in [0.2, 0.25) is 0 Å². The highest BCUT2D eigenvalue weighted by Gasteiger charge is 2.25.